The molecule has 0 spiro atoms. The monoisotopic (exact) mass is 429 g/mol. The summed E-state index contributed by atoms with van der Waals surface area (Å²) < 4.78 is 16.3. The number of rotatable bonds is 7. The second-order valence-corrected chi connectivity index (χ2v) is 7.45. The Morgan fingerprint density at radius 3 is 2.57 bits per heavy atom. The Bertz CT molecular complexity index is 1030. The van der Waals surface area contributed by atoms with E-state index < -0.39 is 6.10 Å². The van der Waals surface area contributed by atoms with E-state index in [9.17, 15) is 4.79 Å². The second kappa shape index (κ2) is 9.17. The summed E-state index contributed by atoms with van der Waals surface area (Å²) in [5, 5.41) is 4.69. The molecule has 3 rings (SSSR count). The van der Waals surface area contributed by atoms with Gasteiger partial charge in [-0.1, -0.05) is 28.9 Å². The minimum absolute atomic E-state index is 0.169. The SMILES string of the molecule is COc1cccc(-c2noc(CN(C)C(=O)[C@H](C)Oc3cc(C)c(Cl)c(C)c3)n2)c1. The molecule has 1 atom stereocenters. The van der Waals surface area contributed by atoms with Gasteiger partial charge in [-0.3, -0.25) is 4.79 Å². The third kappa shape index (κ3) is 4.91. The van der Waals surface area contributed by atoms with Crippen molar-refractivity contribution in [3.8, 4) is 22.9 Å². The van der Waals surface area contributed by atoms with Crippen LogP contribution in [0.5, 0.6) is 11.5 Å². The highest BCUT2D eigenvalue weighted by atomic mass is 35.5. The van der Waals surface area contributed by atoms with Crippen LogP contribution in [0.4, 0.5) is 0 Å². The van der Waals surface area contributed by atoms with Crippen molar-refractivity contribution in [2.24, 2.45) is 0 Å². The number of methoxy groups -OCH3 is 1. The quantitative estimate of drug-likeness (QED) is 0.552. The number of carbonyl (C=O) groups is 1. The van der Waals surface area contributed by atoms with Crippen molar-refractivity contribution in [2.45, 2.75) is 33.4 Å². The summed E-state index contributed by atoms with van der Waals surface area (Å²) >= 11 is 6.19. The Labute approximate surface area is 180 Å². The fourth-order valence-corrected chi connectivity index (χ4v) is 3.13. The number of hydrogen-bond acceptors (Lipinski definition) is 6. The van der Waals surface area contributed by atoms with Crippen LogP contribution < -0.4 is 9.47 Å². The van der Waals surface area contributed by atoms with Gasteiger partial charge in [0.1, 0.15) is 11.5 Å². The highest BCUT2D eigenvalue weighted by Gasteiger charge is 2.22. The van der Waals surface area contributed by atoms with Crippen molar-refractivity contribution in [3.63, 3.8) is 0 Å². The van der Waals surface area contributed by atoms with Crippen LogP contribution in [0.15, 0.2) is 40.9 Å². The molecule has 0 N–H and O–H groups in total. The molecule has 3 aromatic rings. The molecule has 0 aliphatic carbocycles. The molecule has 0 radical (unpaired) electrons. The van der Waals surface area contributed by atoms with E-state index in [2.05, 4.69) is 10.1 Å². The van der Waals surface area contributed by atoms with Crippen molar-refractivity contribution >= 4 is 17.5 Å². The van der Waals surface area contributed by atoms with E-state index in [4.69, 9.17) is 25.6 Å². The van der Waals surface area contributed by atoms with E-state index in [1.54, 1.807) is 21.1 Å². The molecule has 0 fully saturated rings. The first-order valence-electron chi connectivity index (χ1n) is 9.44. The maximum Gasteiger partial charge on any atom is 0.263 e. The van der Waals surface area contributed by atoms with Crippen LogP contribution in [0.1, 0.15) is 23.9 Å². The number of amides is 1. The van der Waals surface area contributed by atoms with E-state index in [-0.39, 0.29) is 12.5 Å². The number of hydrogen-bond donors (Lipinski definition) is 0. The molecule has 0 bridgehead atoms. The molecule has 1 amide bonds. The molecular weight excluding hydrogens is 406 g/mol. The van der Waals surface area contributed by atoms with Crippen LogP contribution in [0, 0.1) is 13.8 Å². The lowest BCUT2D eigenvalue weighted by atomic mass is 10.1. The van der Waals surface area contributed by atoms with E-state index in [1.807, 2.05) is 50.2 Å². The Morgan fingerprint density at radius 1 is 1.20 bits per heavy atom. The summed E-state index contributed by atoms with van der Waals surface area (Å²) in [6.45, 7) is 5.67. The molecule has 158 valence electrons. The maximum atomic E-state index is 12.7. The van der Waals surface area contributed by atoms with Gasteiger partial charge >= 0.3 is 0 Å². The molecule has 0 saturated heterocycles. The van der Waals surface area contributed by atoms with Crippen molar-refractivity contribution in [1.82, 2.24) is 15.0 Å². The van der Waals surface area contributed by atoms with E-state index in [1.165, 1.54) is 4.90 Å². The molecule has 8 heteroatoms. The number of halogens is 1. The second-order valence-electron chi connectivity index (χ2n) is 7.07. The maximum absolute atomic E-state index is 12.7. The minimum Gasteiger partial charge on any atom is -0.497 e. The van der Waals surface area contributed by atoms with Gasteiger partial charge in [0, 0.05) is 17.6 Å². The molecule has 7 nitrogen and oxygen atoms in total. The van der Waals surface area contributed by atoms with Gasteiger partial charge in [-0.2, -0.15) is 4.98 Å². The average Bonchev–Trinajstić information content (AvgIpc) is 3.19. The van der Waals surface area contributed by atoms with Gasteiger partial charge in [-0.05, 0) is 56.2 Å². The van der Waals surface area contributed by atoms with Gasteiger partial charge in [-0.25, -0.2) is 0 Å². The normalized spacial score (nSPS) is 11.8. The lowest BCUT2D eigenvalue weighted by molar-refractivity contribution is -0.137. The summed E-state index contributed by atoms with van der Waals surface area (Å²) in [5.74, 6) is 1.85. The predicted molar refractivity (Wildman–Crippen MR) is 114 cm³/mol. The van der Waals surface area contributed by atoms with Crippen LogP contribution in [-0.4, -0.2) is 41.2 Å². The van der Waals surface area contributed by atoms with Crippen LogP contribution in [0.25, 0.3) is 11.4 Å². The molecule has 0 aliphatic heterocycles. The third-order valence-corrected chi connectivity index (χ3v) is 5.21. The van der Waals surface area contributed by atoms with Gasteiger partial charge in [0.15, 0.2) is 6.10 Å². The Hall–Kier alpha value is -3.06. The van der Waals surface area contributed by atoms with Gasteiger partial charge in [0.25, 0.3) is 5.91 Å². The zero-order valence-electron chi connectivity index (χ0n) is 17.6. The minimum atomic E-state index is -0.684. The van der Waals surface area contributed by atoms with E-state index in [0.29, 0.717) is 28.2 Å². The number of likely N-dealkylation sites (N-methyl/N-ethyl adjacent to an activating group) is 1. The van der Waals surface area contributed by atoms with Crippen molar-refractivity contribution in [3.05, 3.63) is 58.4 Å². The average molecular weight is 430 g/mol. The molecule has 30 heavy (non-hydrogen) atoms. The number of ether oxygens (including phenoxy) is 2. The van der Waals surface area contributed by atoms with Crippen LogP contribution >= 0.6 is 11.6 Å². The van der Waals surface area contributed by atoms with Crippen molar-refractivity contribution in [2.75, 3.05) is 14.2 Å². The summed E-state index contributed by atoms with van der Waals surface area (Å²) in [6, 6.07) is 11.0. The Morgan fingerprint density at radius 2 is 1.90 bits per heavy atom. The zero-order valence-corrected chi connectivity index (χ0v) is 18.4. The molecule has 0 aliphatic rings. The molecular formula is C22H24ClN3O4. The molecule has 1 heterocycles. The topological polar surface area (TPSA) is 77.7 Å². The number of aryl methyl sites for hydroxylation is 2. The lowest BCUT2D eigenvalue weighted by Gasteiger charge is -2.21. The van der Waals surface area contributed by atoms with E-state index in [0.717, 1.165) is 16.7 Å². The molecule has 2 aromatic carbocycles. The number of carbonyl (C=O) groups excluding carboxylic acids is 1. The lowest BCUT2D eigenvalue weighted by Crippen LogP contribution is -2.37. The van der Waals surface area contributed by atoms with Crippen LogP contribution in [0.2, 0.25) is 5.02 Å². The summed E-state index contributed by atoms with van der Waals surface area (Å²) in [7, 11) is 3.26. The third-order valence-electron chi connectivity index (χ3n) is 4.62. The van der Waals surface area contributed by atoms with Gasteiger partial charge in [0.05, 0.1) is 13.7 Å². The summed E-state index contributed by atoms with van der Waals surface area (Å²) in [4.78, 5) is 18.6. The number of benzene rings is 2. The summed E-state index contributed by atoms with van der Waals surface area (Å²) in [6.07, 6.45) is -0.684. The van der Waals surface area contributed by atoms with Gasteiger partial charge in [-0.15, -0.1) is 0 Å². The van der Waals surface area contributed by atoms with Crippen molar-refractivity contribution < 1.29 is 18.8 Å². The fraction of sp³-hybridized carbons (Fsp3) is 0.318. The number of nitrogens with zero attached hydrogens (tertiary/aromatic N) is 3. The highest BCUT2D eigenvalue weighted by Crippen LogP contribution is 2.27. The number of aromatic nitrogens is 2. The van der Waals surface area contributed by atoms with Gasteiger partial charge in [0.2, 0.25) is 11.7 Å². The highest BCUT2D eigenvalue weighted by molar-refractivity contribution is 6.32. The fourth-order valence-electron chi connectivity index (χ4n) is 3.02. The predicted octanol–water partition coefficient (Wildman–Crippen LogP) is 4.44. The van der Waals surface area contributed by atoms with E-state index >= 15 is 0 Å². The van der Waals surface area contributed by atoms with Gasteiger partial charge < -0.3 is 18.9 Å². The van der Waals surface area contributed by atoms with Crippen LogP contribution in [-0.2, 0) is 11.3 Å². The molecule has 0 saturated carbocycles. The van der Waals surface area contributed by atoms with Crippen LogP contribution in [0.3, 0.4) is 0 Å². The molecule has 1 aromatic heterocycles. The largest absolute Gasteiger partial charge is 0.497 e. The first kappa shape index (κ1) is 21.6. The summed E-state index contributed by atoms with van der Waals surface area (Å²) in [5.41, 5.74) is 2.56. The first-order chi connectivity index (χ1) is 14.3. The smallest absolute Gasteiger partial charge is 0.263 e. The van der Waals surface area contributed by atoms with Crippen molar-refractivity contribution in [1.29, 1.82) is 0 Å². The first-order valence-corrected chi connectivity index (χ1v) is 9.81. The zero-order chi connectivity index (χ0) is 21.8. The standard InChI is InChI=1S/C22H24ClN3O4/c1-13-9-18(10-14(2)20(13)23)29-15(3)22(27)26(4)12-19-24-21(25-30-19)16-7-6-8-17(11-16)28-5/h6-11,15H,12H2,1-5H3/t15-/m0/s1. The Kier molecular flexibility index (Phi) is 6.62. The Balaban J connectivity index is 1.64. The molecule has 0 unspecified atom stereocenters.